The normalized spacial score (nSPS) is 13.3. The van der Waals surface area contributed by atoms with Crippen molar-refractivity contribution in [3.8, 4) is 0 Å². The Morgan fingerprint density at radius 3 is 1.00 bits per heavy atom. The fourth-order valence-electron chi connectivity index (χ4n) is 0.356. The monoisotopic (exact) mass is 324 g/mol. The van der Waals surface area contributed by atoms with Crippen molar-refractivity contribution in [3.63, 3.8) is 0 Å². The molecule has 0 heterocycles. The van der Waals surface area contributed by atoms with Gasteiger partial charge in [0.05, 0.1) is 0 Å². The Kier molecular flexibility index (Phi) is 6.11. The first-order valence-corrected chi connectivity index (χ1v) is 4.17. The van der Waals surface area contributed by atoms with Crippen molar-refractivity contribution in [2.24, 2.45) is 0 Å². The van der Waals surface area contributed by atoms with E-state index in [2.05, 4.69) is 6.58 Å². The Balaban J connectivity index is 0. The van der Waals surface area contributed by atoms with E-state index in [1.54, 1.807) is 0 Å². The van der Waals surface area contributed by atoms with Crippen LogP contribution in [0.2, 0.25) is 0 Å². The molecule has 120 valence electrons. The summed E-state index contributed by atoms with van der Waals surface area (Å²) in [6.07, 6.45) is -13.9. The molecule has 0 spiro atoms. The molecule has 0 saturated carbocycles. The predicted molar refractivity (Wildman–Crippen MR) is 44.5 cm³/mol. The summed E-state index contributed by atoms with van der Waals surface area (Å²) in [6, 6.07) is 0. The van der Waals surface area contributed by atoms with Crippen LogP contribution in [0.25, 0.3) is 0 Å². The third kappa shape index (κ3) is 4.56. The number of halogens is 10. The van der Waals surface area contributed by atoms with E-state index in [9.17, 15) is 48.7 Å². The van der Waals surface area contributed by atoms with E-state index in [4.69, 9.17) is 5.11 Å². The van der Waals surface area contributed by atoms with Crippen LogP contribution >= 0.6 is 0 Å². The second kappa shape index (κ2) is 5.87. The van der Waals surface area contributed by atoms with Gasteiger partial charge in [-0.2, -0.15) is 43.9 Å². The summed E-state index contributed by atoms with van der Waals surface area (Å²) in [6.45, 7) is 4.60. The minimum atomic E-state index is -7.14. The van der Waals surface area contributed by atoms with E-state index >= 15 is 0 Å². The molecule has 0 amide bonds. The highest BCUT2D eigenvalue weighted by atomic mass is 19.4. The van der Waals surface area contributed by atoms with Gasteiger partial charge in [-0.3, -0.25) is 0 Å². The molecule has 0 aliphatic heterocycles. The van der Waals surface area contributed by atoms with E-state index in [0.717, 1.165) is 0 Å². The van der Waals surface area contributed by atoms with Crippen LogP contribution in [0.3, 0.4) is 0 Å². The minimum Gasteiger partial charge on any atom is -0.478 e. The quantitative estimate of drug-likeness (QED) is 0.615. The van der Waals surface area contributed by atoms with Gasteiger partial charge in [-0.1, -0.05) is 6.58 Å². The van der Waals surface area contributed by atoms with Crippen LogP contribution in [0, 0.1) is 0 Å². The number of rotatable bonds is 2. The van der Waals surface area contributed by atoms with E-state index in [-0.39, 0.29) is 5.57 Å². The lowest BCUT2D eigenvalue weighted by Gasteiger charge is -2.29. The largest absolute Gasteiger partial charge is 0.478 e. The van der Waals surface area contributed by atoms with Crippen molar-refractivity contribution in [1.82, 2.24) is 0 Å². The molecule has 0 aromatic rings. The molecule has 2 nitrogen and oxygen atoms in total. The smallest absolute Gasteiger partial charge is 0.460 e. The molecule has 1 N–H and O–H groups in total. The lowest BCUT2D eigenvalue weighted by Crippen LogP contribution is -2.59. The molecule has 0 bridgehead atoms. The van der Waals surface area contributed by atoms with Gasteiger partial charge >= 0.3 is 30.2 Å². The minimum absolute atomic E-state index is 0.176. The average molecular weight is 324 g/mol. The van der Waals surface area contributed by atoms with Crippen molar-refractivity contribution in [1.29, 1.82) is 0 Å². The predicted octanol–water partition coefficient (Wildman–Crippen LogP) is 4.03. The Hall–Kier alpha value is -1.49. The van der Waals surface area contributed by atoms with Crippen molar-refractivity contribution >= 4 is 5.97 Å². The number of hydrogen-bond acceptors (Lipinski definition) is 1. The van der Waals surface area contributed by atoms with Crippen molar-refractivity contribution in [2.75, 3.05) is 0 Å². The van der Waals surface area contributed by atoms with Crippen LogP contribution in [-0.4, -0.2) is 35.3 Å². The van der Waals surface area contributed by atoms with E-state index in [1.807, 2.05) is 0 Å². The molecular formula is C8H6F10O2. The molecule has 0 unspecified atom stereocenters. The molecule has 0 aliphatic rings. The summed E-state index contributed by atoms with van der Waals surface area (Å²) < 4.78 is 113. The Morgan fingerprint density at radius 2 is 0.950 bits per heavy atom. The molecule has 0 rings (SSSR count). The summed E-state index contributed by atoms with van der Waals surface area (Å²) in [5, 5.41) is 7.89. The van der Waals surface area contributed by atoms with Gasteiger partial charge in [-0.25, -0.2) is 4.79 Å². The Bertz CT molecular complexity index is 328. The lowest BCUT2D eigenvalue weighted by atomic mass is 10.1. The number of carboxylic acid groups (broad SMARTS) is 1. The third-order valence-corrected chi connectivity index (χ3v) is 1.47. The lowest BCUT2D eigenvalue weighted by molar-refractivity contribution is -0.419. The zero-order chi connectivity index (χ0) is 17.2. The molecule has 0 aliphatic carbocycles. The molecule has 20 heavy (non-hydrogen) atoms. The van der Waals surface area contributed by atoms with Crippen LogP contribution in [-0.2, 0) is 4.79 Å². The van der Waals surface area contributed by atoms with E-state index in [0.29, 0.717) is 0 Å². The van der Waals surface area contributed by atoms with Crippen molar-refractivity contribution < 1.29 is 53.8 Å². The van der Waals surface area contributed by atoms with Crippen molar-refractivity contribution in [2.45, 2.75) is 31.1 Å². The summed E-state index contributed by atoms with van der Waals surface area (Å²) in [4.78, 5) is 9.60. The van der Waals surface area contributed by atoms with Gasteiger partial charge in [0, 0.05) is 5.57 Å². The molecule has 0 saturated heterocycles. The molecule has 0 atom stereocenters. The summed E-state index contributed by atoms with van der Waals surface area (Å²) in [5.74, 6) is -15.2. The van der Waals surface area contributed by atoms with Gasteiger partial charge in [0.15, 0.2) is 0 Å². The van der Waals surface area contributed by atoms with Crippen LogP contribution < -0.4 is 0 Å². The Morgan fingerprint density at radius 1 is 0.800 bits per heavy atom. The standard InChI is InChI=1S/C4F10.C4H6O2/c5-1(6,3(9,10)11)2(7,8)4(12,13)14;1-3(2)4(5)6/h;1H2,2H3,(H,5,6). The first kappa shape index (κ1) is 20.8. The zero-order valence-corrected chi connectivity index (χ0v) is 9.34. The molecule has 0 fully saturated rings. The van der Waals surface area contributed by atoms with Gasteiger partial charge in [0.1, 0.15) is 0 Å². The van der Waals surface area contributed by atoms with Crippen LogP contribution in [0.15, 0.2) is 12.2 Å². The highest BCUT2D eigenvalue weighted by molar-refractivity contribution is 5.84. The van der Waals surface area contributed by atoms with Crippen LogP contribution in [0.4, 0.5) is 43.9 Å². The number of aliphatic carboxylic acids is 1. The van der Waals surface area contributed by atoms with E-state index < -0.39 is 30.2 Å². The Labute approximate surface area is 104 Å². The van der Waals surface area contributed by atoms with Gasteiger partial charge in [0.2, 0.25) is 0 Å². The first-order valence-electron chi connectivity index (χ1n) is 4.17. The number of carboxylic acids is 1. The fraction of sp³-hybridized carbons (Fsp3) is 0.625. The fourth-order valence-corrected chi connectivity index (χ4v) is 0.356. The highest BCUT2D eigenvalue weighted by Gasteiger charge is 2.82. The second-order valence-corrected chi connectivity index (χ2v) is 3.23. The third-order valence-electron chi connectivity index (χ3n) is 1.47. The number of alkyl halides is 10. The molecular weight excluding hydrogens is 318 g/mol. The average Bonchev–Trinajstić information content (AvgIpc) is 2.14. The van der Waals surface area contributed by atoms with Crippen LogP contribution in [0.1, 0.15) is 6.92 Å². The van der Waals surface area contributed by atoms with Crippen LogP contribution in [0.5, 0.6) is 0 Å². The SMILES string of the molecule is C=C(C)C(=O)O.FC(F)(F)C(F)(F)C(F)(F)C(F)(F)F. The molecule has 0 aromatic carbocycles. The maximum absolute atomic E-state index is 11.6. The van der Waals surface area contributed by atoms with Crippen molar-refractivity contribution in [3.05, 3.63) is 12.2 Å². The van der Waals surface area contributed by atoms with Gasteiger partial charge in [-0.15, -0.1) is 0 Å². The molecule has 0 aromatic heterocycles. The maximum atomic E-state index is 11.6. The number of hydrogen-bond donors (Lipinski definition) is 1. The molecule has 0 radical (unpaired) electrons. The maximum Gasteiger partial charge on any atom is 0.460 e. The topological polar surface area (TPSA) is 37.3 Å². The molecule has 12 heteroatoms. The van der Waals surface area contributed by atoms with E-state index in [1.165, 1.54) is 6.92 Å². The van der Waals surface area contributed by atoms with Gasteiger partial charge in [-0.05, 0) is 6.92 Å². The van der Waals surface area contributed by atoms with Gasteiger partial charge < -0.3 is 5.11 Å². The summed E-state index contributed by atoms with van der Waals surface area (Å²) in [7, 11) is 0. The number of carbonyl (C=O) groups is 1. The summed E-state index contributed by atoms with van der Waals surface area (Å²) >= 11 is 0. The zero-order valence-electron chi connectivity index (χ0n) is 9.34. The highest BCUT2D eigenvalue weighted by Crippen LogP contribution is 2.53. The van der Waals surface area contributed by atoms with Gasteiger partial charge in [0.25, 0.3) is 0 Å². The first-order chi connectivity index (χ1) is 8.39. The summed E-state index contributed by atoms with van der Waals surface area (Å²) in [5.41, 5.74) is 0.176. The second-order valence-electron chi connectivity index (χ2n) is 3.23.